The molecule has 3 aliphatic rings. The van der Waals surface area contributed by atoms with Gasteiger partial charge in [0.15, 0.2) is 9.84 Å². The van der Waals surface area contributed by atoms with Gasteiger partial charge in [0.1, 0.15) is 0 Å². The van der Waals surface area contributed by atoms with E-state index in [-0.39, 0.29) is 16.9 Å². The molecule has 2 fully saturated rings. The van der Waals surface area contributed by atoms with Gasteiger partial charge in [0.2, 0.25) is 0 Å². The quantitative estimate of drug-likeness (QED) is 0.629. The second-order valence-corrected chi connectivity index (χ2v) is 11.7. The molecule has 4 rings (SSSR count). The summed E-state index contributed by atoms with van der Waals surface area (Å²) in [5.74, 6) is 0.381. The van der Waals surface area contributed by atoms with Gasteiger partial charge in [-0.05, 0) is 73.1 Å². The van der Waals surface area contributed by atoms with Crippen molar-refractivity contribution in [1.82, 2.24) is 0 Å². The van der Waals surface area contributed by atoms with Gasteiger partial charge in [-0.3, -0.25) is 0 Å². The summed E-state index contributed by atoms with van der Waals surface area (Å²) in [5.41, 5.74) is 4.46. The zero-order chi connectivity index (χ0) is 19.4. The second-order valence-electron chi connectivity index (χ2n) is 8.55. The van der Waals surface area contributed by atoms with Crippen LogP contribution in [0.4, 0.5) is 0 Å². The van der Waals surface area contributed by atoms with E-state index in [1.165, 1.54) is 30.2 Å². The molecule has 0 heterocycles. The molecule has 2 saturated carbocycles. The fourth-order valence-electron chi connectivity index (χ4n) is 4.89. The van der Waals surface area contributed by atoms with Crippen LogP contribution in [0.1, 0.15) is 44.1 Å². The van der Waals surface area contributed by atoms with Gasteiger partial charge in [-0.1, -0.05) is 17.7 Å². The molecule has 2 atom stereocenters. The topological polar surface area (TPSA) is 43.4 Å². The number of allylic oxidation sites excluding steroid dienone is 2. The van der Waals surface area contributed by atoms with Gasteiger partial charge in [-0.25, -0.2) is 8.42 Å². The summed E-state index contributed by atoms with van der Waals surface area (Å²) in [6.07, 6.45) is 7.71. The van der Waals surface area contributed by atoms with Crippen LogP contribution in [0.15, 0.2) is 34.7 Å². The Balaban J connectivity index is 1.66. The molecule has 0 bridgehead atoms. The number of ether oxygens (including phenoxy) is 1. The molecule has 148 valence electrons. The third kappa shape index (κ3) is 3.83. The number of rotatable bonds is 4. The Labute approximate surface area is 172 Å². The van der Waals surface area contributed by atoms with Gasteiger partial charge in [-0.15, -0.1) is 23.2 Å². The number of sulfone groups is 1. The maximum Gasteiger partial charge on any atom is 0.175 e. The predicted octanol–water partition coefficient (Wildman–Crippen LogP) is 5.06. The van der Waals surface area contributed by atoms with Crippen LogP contribution in [0, 0.1) is 11.3 Å². The van der Waals surface area contributed by atoms with Crippen LogP contribution >= 0.6 is 23.2 Å². The third-order valence-electron chi connectivity index (χ3n) is 6.59. The van der Waals surface area contributed by atoms with Crippen molar-refractivity contribution >= 4 is 38.6 Å². The van der Waals surface area contributed by atoms with Gasteiger partial charge in [0, 0.05) is 13.4 Å². The average molecular weight is 429 g/mol. The Morgan fingerprint density at radius 1 is 1.04 bits per heavy atom. The Hall–Kier alpha value is -0.550. The van der Waals surface area contributed by atoms with E-state index in [0.717, 1.165) is 31.2 Å². The van der Waals surface area contributed by atoms with Gasteiger partial charge in [-0.2, -0.15) is 0 Å². The van der Waals surface area contributed by atoms with Crippen molar-refractivity contribution in [1.29, 1.82) is 0 Å². The molecule has 0 amide bonds. The summed E-state index contributed by atoms with van der Waals surface area (Å²) in [4.78, 5) is 0.370. The molecule has 1 aromatic carbocycles. The zero-order valence-corrected chi connectivity index (χ0v) is 18.1. The zero-order valence-electron chi connectivity index (χ0n) is 15.8. The second kappa shape index (κ2) is 7.05. The molecule has 6 heteroatoms. The Morgan fingerprint density at radius 3 is 2.11 bits per heavy atom. The Bertz CT molecular complexity index is 844. The monoisotopic (exact) mass is 428 g/mol. The van der Waals surface area contributed by atoms with Gasteiger partial charge >= 0.3 is 0 Å². The number of halogens is 2. The molecule has 0 N–H and O–H groups in total. The van der Waals surface area contributed by atoms with E-state index in [2.05, 4.69) is 0 Å². The first-order valence-electron chi connectivity index (χ1n) is 9.56. The fraction of sp³-hybridized carbons (Fsp3) is 0.619. The summed E-state index contributed by atoms with van der Waals surface area (Å²) in [6, 6.07) is 7.38. The van der Waals surface area contributed by atoms with Gasteiger partial charge in [0.25, 0.3) is 0 Å². The summed E-state index contributed by atoms with van der Waals surface area (Å²) < 4.78 is 29.0. The van der Waals surface area contributed by atoms with Crippen LogP contribution in [0.2, 0.25) is 0 Å². The summed E-state index contributed by atoms with van der Waals surface area (Å²) in [6.45, 7) is 0. The lowest BCUT2D eigenvalue weighted by Crippen LogP contribution is -2.40. The van der Waals surface area contributed by atoms with E-state index in [4.69, 9.17) is 27.9 Å². The highest BCUT2D eigenvalue weighted by Gasteiger charge is 2.50. The maximum atomic E-state index is 11.8. The fourth-order valence-corrected chi connectivity index (χ4v) is 6.58. The van der Waals surface area contributed by atoms with E-state index >= 15 is 0 Å². The van der Waals surface area contributed by atoms with Crippen molar-refractivity contribution in [3.05, 3.63) is 35.4 Å². The molecule has 3 nitrogen and oxygen atoms in total. The molecule has 1 aromatic rings. The maximum absolute atomic E-state index is 11.8. The molecular weight excluding hydrogens is 403 g/mol. The van der Waals surface area contributed by atoms with Crippen molar-refractivity contribution in [3.63, 3.8) is 0 Å². The molecule has 1 spiro atoms. The lowest BCUT2D eigenvalue weighted by Gasteiger charge is -2.37. The summed E-state index contributed by atoms with van der Waals surface area (Å²) in [5, 5.41) is -0.151. The molecule has 0 radical (unpaired) electrons. The summed E-state index contributed by atoms with van der Waals surface area (Å²) >= 11 is 13.2. The minimum absolute atomic E-state index is 0.0756. The van der Waals surface area contributed by atoms with Crippen LogP contribution in [-0.4, -0.2) is 38.6 Å². The van der Waals surface area contributed by atoms with Crippen LogP contribution in [0.25, 0.3) is 5.57 Å². The molecule has 2 unspecified atom stereocenters. The van der Waals surface area contributed by atoms with E-state index in [0.29, 0.717) is 16.2 Å². The summed E-state index contributed by atoms with van der Waals surface area (Å²) in [7, 11) is -1.50. The van der Waals surface area contributed by atoms with Crippen molar-refractivity contribution in [2.75, 3.05) is 13.4 Å². The van der Waals surface area contributed by atoms with E-state index < -0.39 is 9.84 Å². The number of hydrogen-bond donors (Lipinski definition) is 0. The predicted molar refractivity (Wildman–Crippen MR) is 110 cm³/mol. The molecule has 0 saturated heterocycles. The minimum Gasteiger partial charge on any atom is -0.378 e. The average Bonchev–Trinajstić information content (AvgIpc) is 3.24. The largest absolute Gasteiger partial charge is 0.378 e. The number of alkyl halides is 2. The van der Waals surface area contributed by atoms with E-state index in [1.54, 1.807) is 19.2 Å². The first-order valence-corrected chi connectivity index (χ1v) is 12.3. The van der Waals surface area contributed by atoms with E-state index in [9.17, 15) is 8.42 Å². The van der Waals surface area contributed by atoms with Crippen LogP contribution < -0.4 is 0 Å². The minimum atomic E-state index is -3.18. The van der Waals surface area contributed by atoms with E-state index in [1.807, 2.05) is 12.1 Å². The van der Waals surface area contributed by atoms with Crippen molar-refractivity contribution in [3.8, 4) is 0 Å². The van der Waals surface area contributed by atoms with Gasteiger partial charge in [0.05, 0.1) is 21.8 Å². The number of methoxy groups -OCH3 is 1. The first-order chi connectivity index (χ1) is 12.7. The first kappa shape index (κ1) is 19.8. The smallest absolute Gasteiger partial charge is 0.175 e. The number of hydrogen-bond acceptors (Lipinski definition) is 3. The Kier molecular flexibility index (Phi) is 5.16. The van der Waals surface area contributed by atoms with Crippen molar-refractivity contribution in [2.24, 2.45) is 11.3 Å². The highest BCUT2D eigenvalue weighted by molar-refractivity contribution is 7.90. The van der Waals surface area contributed by atoms with Crippen molar-refractivity contribution in [2.45, 2.75) is 60.3 Å². The van der Waals surface area contributed by atoms with Crippen molar-refractivity contribution < 1.29 is 13.2 Å². The lowest BCUT2D eigenvalue weighted by molar-refractivity contribution is 0.0683. The highest BCUT2D eigenvalue weighted by Crippen LogP contribution is 2.63. The lowest BCUT2D eigenvalue weighted by atomic mass is 9.79. The Morgan fingerprint density at radius 2 is 1.63 bits per heavy atom. The van der Waals surface area contributed by atoms with Crippen LogP contribution in [0.5, 0.6) is 0 Å². The SMILES string of the molecule is COC1C(Cl)CC(C2=C(c3ccc(S(C)(=O)=O)cc3)CC3(CC3)C2)CC1Cl. The molecule has 27 heavy (non-hydrogen) atoms. The standard InChI is InChI=1S/C21H26Cl2O3S/c1-26-20-18(22)9-14(10-19(20)23)17-12-21(7-8-21)11-16(17)13-3-5-15(6-4-13)27(2,24)25/h3-6,14,18-20H,7-12H2,1-2H3. The highest BCUT2D eigenvalue weighted by atomic mass is 35.5. The van der Waals surface area contributed by atoms with Crippen LogP contribution in [-0.2, 0) is 14.6 Å². The third-order valence-corrected chi connectivity index (χ3v) is 8.57. The van der Waals surface area contributed by atoms with Gasteiger partial charge < -0.3 is 4.74 Å². The number of benzene rings is 1. The molecule has 0 aromatic heterocycles. The molecule has 0 aliphatic heterocycles. The molecular formula is C21H26Cl2O3S. The van der Waals surface area contributed by atoms with Crippen LogP contribution in [0.3, 0.4) is 0 Å². The normalized spacial score (nSPS) is 32.9. The molecule has 3 aliphatic carbocycles.